The molecule has 0 aliphatic carbocycles. The van der Waals surface area contributed by atoms with E-state index in [0.29, 0.717) is 6.61 Å². The molecule has 1 fully saturated rings. The summed E-state index contributed by atoms with van der Waals surface area (Å²) in [5, 5.41) is 3.56. The molecule has 168 valence electrons. The average Bonchev–Trinajstić information content (AvgIpc) is 2.85. The van der Waals surface area contributed by atoms with Gasteiger partial charge in [-0.05, 0) is 49.7 Å². The monoisotopic (exact) mass is 429 g/mol. The van der Waals surface area contributed by atoms with Crippen molar-refractivity contribution in [2.24, 2.45) is 0 Å². The molecule has 1 N–H and O–H groups in total. The van der Waals surface area contributed by atoms with Gasteiger partial charge < -0.3 is 15.0 Å². The quantitative estimate of drug-likeness (QED) is 0.465. The number of hydrogen-bond donors (Lipinski definition) is 1. The van der Waals surface area contributed by atoms with Gasteiger partial charge in [0.2, 0.25) is 0 Å². The van der Waals surface area contributed by atoms with Crippen molar-refractivity contribution >= 4 is 5.69 Å². The number of rotatable bonds is 10. The number of ether oxygens (including phenoxy) is 1. The van der Waals surface area contributed by atoms with E-state index >= 15 is 0 Å². The first-order chi connectivity index (χ1) is 15.8. The maximum atomic E-state index is 6.14. The van der Waals surface area contributed by atoms with Gasteiger partial charge in [-0.25, -0.2) is 0 Å². The van der Waals surface area contributed by atoms with E-state index < -0.39 is 0 Å². The summed E-state index contributed by atoms with van der Waals surface area (Å²) in [6.45, 7) is 10.3. The third kappa shape index (κ3) is 6.35. The van der Waals surface area contributed by atoms with Crippen LogP contribution in [-0.4, -0.2) is 44.2 Å². The molecule has 1 aliphatic rings. The molecule has 0 aromatic heterocycles. The first-order valence-corrected chi connectivity index (χ1v) is 11.8. The Morgan fingerprint density at radius 3 is 2.19 bits per heavy atom. The second-order valence-corrected chi connectivity index (χ2v) is 8.52. The van der Waals surface area contributed by atoms with E-state index in [1.165, 1.54) is 28.8 Å². The van der Waals surface area contributed by atoms with Crippen molar-refractivity contribution in [3.63, 3.8) is 0 Å². The molecule has 0 bridgehead atoms. The van der Waals surface area contributed by atoms with Crippen molar-refractivity contribution in [3.8, 4) is 5.75 Å². The van der Waals surface area contributed by atoms with Gasteiger partial charge in [-0.3, -0.25) is 4.90 Å². The number of hydrogen-bond acceptors (Lipinski definition) is 4. The van der Waals surface area contributed by atoms with Crippen molar-refractivity contribution in [2.45, 2.75) is 26.5 Å². The number of nitrogens with one attached hydrogen (secondary N) is 1. The normalized spacial score (nSPS) is 14.5. The maximum Gasteiger partial charge on any atom is 0.124 e. The standard InChI is InChI=1S/C28H35N3O/c1-24-27(14-8-15-28(24)32-23-26-12-6-3-7-13-26)31-20-18-30(19-21-31)17-9-16-29-22-25-10-4-2-5-11-25/h2-8,10-15,29H,9,16-23H2,1H3. The van der Waals surface area contributed by atoms with Crippen molar-refractivity contribution < 1.29 is 4.74 Å². The summed E-state index contributed by atoms with van der Waals surface area (Å²) in [6, 6.07) is 27.4. The fourth-order valence-electron chi connectivity index (χ4n) is 4.31. The minimum Gasteiger partial charge on any atom is -0.489 e. The van der Waals surface area contributed by atoms with Gasteiger partial charge in [0.1, 0.15) is 12.4 Å². The van der Waals surface area contributed by atoms with Gasteiger partial charge in [0.05, 0.1) is 0 Å². The van der Waals surface area contributed by atoms with E-state index in [-0.39, 0.29) is 0 Å². The van der Waals surface area contributed by atoms with Crippen LogP contribution in [0.4, 0.5) is 5.69 Å². The first kappa shape index (κ1) is 22.4. The Kier molecular flexibility index (Phi) is 8.18. The van der Waals surface area contributed by atoms with Gasteiger partial charge in [-0.1, -0.05) is 66.7 Å². The first-order valence-electron chi connectivity index (χ1n) is 11.8. The van der Waals surface area contributed by atoms with Crippen LogP contribution in [0.1, 0.15) is 23.1 Å². The summed E-state index contributed by atoms with van der Waals surface area (Å²) < 4.78 is 6.14. The molecule has 0 spiro atoms. The average molecular weight is 430 g/mol. The molecule has 1 aliphatic heterocycles. The van der Waals surface area contributed by atoms with Gasteiger partial charge in [-0.2, -0.15) is 0 Å². The smallest absolute Gasteiger partial charge is 0.124 e. The summed E-state index contributed by atoms with van der Waals surface area (Å²) in [7, 11) is 0. The molecule has 0 unspecified atom stereocenters. The zero-order chi connectivity index (χ0) is 22.0. The van der Waals surface area contributed by atoms with Crippen LogP contribution in [0.15, 0.2) is 78.9 Å². The van der Waals surface area contributed by atoms with Gasteiger partial charge in [-0.15, -0.1) is 0 Å². The van der Waals surface area contributed by atoms with Gasteiger partial charge >= 0.3 is 0 Å². The number of nitrogens with zero attached hydrogens (tertiary/aromatic N) is 2. The molecule has 1 saturated heterocycles. The summed E-state index contributed by atoms with van der Waals surface area (Å²) in [5.41, 5.74) is 5.09. The highest BCUT2D eigenvalue weighted by atomic mass is 16.5. The molecule has 4 nitrogen and oxygen atoms in total. The molecule has 32 heavy (non-hydrogen) atoms. The minimum absolute atomic E-state index is 0.608. The van der Waals surface area contributed by atoms with Crippen LogP contribution < -0.4 is 15.0 Å². The Morgan fingerprint density at radius 2 is 1.47 bits per heavy atom. The Balaban J connectivity index is 1.20. The second-order valence-electron chi connectivity index (χ2n) is 8.52. The number of piperazine rings is 1. The molecule has 3 aromatic rings. The predicted molar refractivity (Wildman–Crippen MR) is 133 cm³/mol. The molecular weight excluding hydrogens is 394 g/mol. The lowest BCUT2D eigenvalue weighted by Crippen LogP contribution is -2.47. The van der Waals surface area contributed by atoms with Crippen molar-refractivity contribution in [3.05, 3.63) is 95.6 Å². The number of anilines is 1. The summed E-state index contributed by atoms with van der Waals surface area (Å²) in [6.07, 6.45) is 1.19. The van der Waals surface area contributed by atoms with Crippen LogP contribution in [-0.2, 0) is 13.2 Å². The van der Waals surface area contributed by atoms with E-state index in [4.69, 9.17) is 4.74 Å². The predicted octanol–water partition coefficient (Wildman–Crippen LogP) is 4.88. The lowest BCUT2D eigenvalue weighted by molar-refractivity contribution is 0.253. The van der Waals surface area contributed by atoms with Crippen molar-refractivity contribution in [2.75, 3.05) is 44.2 Å². The Morgan fingerprint density at radius 1 is 0.781 bits per heavy atom. The minimum atomic E-state index is 0.608. The van der Waals surface area contributed by atoms with Crippen LogP contribution in [0.25, 0.3) is 0 Å². The molecular formula is C28H35N3O. The highest BCUT2D eigenvalue weighted by Gasteiger charge is 2.19. The molecule has 3 aromatic carbocycles. The highest BCUT2D eigenvalue weighted by Crippen LogP contribution is 2.29. The molecule has 4 heteroatoms. The zero-order valence-electron chi connectivity index (χ0n) is 19.2. The number of benzene rings is 3. The third-order valence-corrected chi connectivity index (χ3v) is 6.21. The molecule has 0 saturated carbocycles. The molecule has 0 amide bonds. The van der Waals surface area contributed by atoms with Crippen LogP contribution in [0.2, 0.25) is 0 Å². The molecule has 4 rings (SSSR count). The van der Waals surface area contributed by atoms with Crippen molar-refractivity contribution in [1.82, 2.24) is 10.2 Å². The van der Waals surface area contributed by atoms with E-state index in [1.807, 2.05) is 6.07 Å². The summed E-state index contributed by atoms with van der Waals surface area (Å²) in [5.74, 6) is 0.985. The fourth-order valence-corrected chi connectivity index (χ4v) is 4.31. The second kappa shape index (κ2) is 11.7. The van der Waals surface area contributed by atoms with Crippen LogP contribution in [0.3, 0.4) is 0 Å². The molecule has 0 atom stereocenters. The summed E-state index contributed by atoms with van der Waals surface area (Å²) >= 11 is 0. The van der Waals surface area contributed by atoms with E-state index in [1.54, 1.807) is 0 Å². The fraction of sp³-hybridized carbons (Fsp3) is 0.357. The third-order valence-electron chi connectivity index (χ3n) is 6.21. The lowest BCUT2D eigenvalue weighted by atomic mass is 10.1. The Labute approximate surface area is 192 Å². The lowest BCUT2D eigenvalue weighted by Gasteiger charge is -2.37. The van der Waals surface area contributed by atoms with Crippen LogP contribution >= 0.6 is 0 Å². The van der Waals surface area contributed by atoms with Crippen molar-refractivity contribution in [1.29, 1.82) is 0 Å². The van der Waals surface area contributed by atoms with Gasteiger partial charge in [0, 0.05) is 44.0 Å². The topological polar surface area (TPSA) is 27.7 Å². The Hall–Kier alpha value is -2.82. The zero-order valence-corrected chi connectivity index (χ0v) is 19.2. The molecule has 1 heterocycles. The van der Waals surface area contributed by atoms with E-state index in [0.717, 1.165) is 51.6 Å². The molecule has 0 radical (unpaired) electrons. The van der Waals surface area contributed by atoms with Crippen LogP contribution in [0.5, 0.6) is 5.75 Å². The largest absolute Gasteiger partial charge is 0.489 e. The summed E-state index contributed by atoms with van der Waals surface area (Å²) in [4.78, 5) is 5.10. The SMILES string of the molecule is Cc1c(OCc2ccccc2)cccc1N1CCN(CCCNCc2ccccc2)CC1. The van der Waals surface area contributed by atoms with E-state index in [2.05, 4.69) is 94.8 Å². The maximum absolute atomic E-state index is 6.14. The van der Waals surface area contributed by atoms with Gasteiger partial charge in [0.25, 0.3) is 0 Å². The van der Waals surface area contributed by atoms with Gasteiger partial charge in [0.15, 0.2) is 0 Å². The van der Waals surface area contributed by atoms with Crippen LogP contribution in [0, 0.1) is 6.92 Å². The highest BCUT2D eigenvalue weighted by molar-refractivity contribution is 5.59. The van der Waals surface area contributed by atoms with E-state index in [9.17, 15) is 0 Å². The Bertz CT molecular complexity index is 937.